The third-order valence-corrected chi connectivity index (χ3v) is 3.15. The Kier molecular flexibility index (Phi) is 6.04. The molecular weight excluding hydrogens is 250 g/mol. The van der Waals surface area contributed by atoms with Crippen molar-refractivity contribution in [3.63, 3.8) is 0 Å². The van der Waals surface area contributed by atoms with E-state index in [0.29, 0.717) is 24.1 Å². The van der Waals surface area contributed by atoms with Crippen molar-refractivity contribution in [1.82, 2.24) is 9.97 Å². The van der Waals surface area contributed by atoms with Crippen LogP contribution >= 0.6 is 0 Å². The van der Waals surface area contributed by atoms with Crippen molar-refractivity contribution in [2.75, 3.05) is 23.9 Å². The Balaban J connectivity index is 2.62. The molecule has 0 amide bonds. The van der Waals surface area contributed by atoms with E-state index in [9.17, 15) is 4.21 Å². The highest BCUT2D eigenvalue weighted by atomic mass is 32.2. The van der Waals surface area contributed by atoms with Gasteiger partial charge in [-0.15, -0.1) is 0 Å². The van der Waals surface area contributed by atoms with Gasteiger partial charge in [-0.3, -0.25) is 4.21 Å². The lowest BCUT2D eigenvalue weighted by molar-refractivity contribution is 0.325. The first kappa shape index (κ1) is 14.9. The van der Waals surface area contributed by atoms with Gasteiger partial charge in [-0.1, -0.05) is 0 Å². The monoisotopic (exact) mass is 271 g/mol. The summed E-state index contributed by atoms with van der Waals surface area (Å²) in [6, 6.07) is 2.01. The van der Waals surface area contributed by atoms with E-state index in [4.69, 9.17) is 4.74 Å². The number of nitrogens with one attached hydrogen (secondary N) is 1. The van der Waals surface area contributed by atoms with Gasteiger partial charge in [-0.2, -0.15) is 4.98 Å². The lowest BCUT2D eigenvalue weighted by Crippen LogP contribution is -2.19. The third kappa shape index (κ3) is 5.44. The van der Waals surface area contributed by atoms with Crippen molar-refractivity contribution >= 4 is 16.6 Å². The van der Waals surface area contributed by atoms with Gasteiger partial charge in [0, 0.05) is 34.9 Å². The van der Waals surface area contributed by atoms with Gasteiger partial charge in [-0.25, -0.2) is 4.98 Å². The predicted molar refractivity (Wildman–Crippen MR) is 74.6 cm³/mol. The Bertz CT molecular complexity index is 412. The zero-order chi connectivity index (χ0) is 13.5. The molecule has 0 bridgehead atoms. The van der Waals surface area contributed by atoms with Crippen LogP contribution < -0.4 is 10.1 Å². The molecule has 0 aliphatic carbocycles. The van der Waals surface area contributed by atoms with Crippen LogP contribution in [0.4, 0.5) is 5.82 Å². The summed E-state index contributed by atoms with van der Waals surface area (Å²) in [7, 11) is -0.753. The molecule has 1 aromatic heterocycles. The summed E-state index contributed by atoms with van der Waals surface area (Å²) < 4.78 is 16.4. The number of rotatable bonds is 7. The van der Waals surface area contributed by atoms with Crippen LogP contribution in [0.1, 0.15) is 26.1 Å². The van der Waals surface area contributed by atoms with Gasteiger partial charge in [0.1, 0.15) is 11.6 Å². The van der Waals surface area contributed by atoms with Crippen LogP contribution in [-0.4, -0.2) is 38.8 Å². The molecule has 102 valence electrons. The largest absolute Gasteiger partial charge is 0.478 e. The molecule has 0 fully saturated rings. The maximum absolute atomic E-state index is 11.0. The molecule has 0 aromatic carbocycles. The van der Waals surface area contributed by atoms with E-state index >= 15 is 0 Å². The van der Waals surface area contributed by atoms with Crippen LogP contribution in [0.15, 0.2) is 6.07 Å². The highest BCUT2D eigenvalue weighted by Gasteiger charge is 2.07. The molecule has 0 spiro atoms. The van der Waals surface area contributed by atoms with E-state index in [0.717, 1.165) is 12.2 Å². The second-order valence-electron chi connectivity index (χ2n) is 4.18. The summed E-state index contributed by atoms with van der Waals surface area (Å²) in [6.07, 6.45) is 2.56. The standard InChI is InChI=1S/C12H21N3O2S/c1-5-17-12-8-11(14-10(3)15-12)13-9(2)6-7-18(4)16/h8-9H,5-7H2,1-4H3,(H,13,14,15). The molecule has 2 atom stereocenters. The highest BCUT2D eigenvalue weighted by molar-refractivity contribution is 7.84. The summed E-state index contributed by atoms with van der Waals surface area (Å²) in [4.78, 5) is 8.49. The van der Waals surface area contributed by atoms with Gasteiger partial charge < -0.3 is 10.1 Å². The zero-order valence-electron chi connectivity index (χ0n) is 11.4. The Hall–Kier alpha value is -1.17. The molecule has 18 heavy (non-hydrogen) atoms. The summed E-state index contributed by atoms with van der Waals surface area (Å²) in [5.74, 6) is 2.70. The quantitative estimate of drug-likeness (QED) is 0.818. The average Bonchev–Trinajstić information content (AvgIpc) is 2.26. The van der Waals surface area contributed by atoms with Crippen LogP contribution in [0.25, 0.3) is 0 Å². The van der Waals surface area contributed by atoms with E-state index in [2.05, 4.69) is 15.3 Å². The summed E-state index contributed by atoms with van der Waals surface area (Å²) >= 11 is 0. The maximum atomic E-state index is 11.0. The normalized spacial score (nSPS) is 14.0. The molecule has 0 aliphatic rings. The fourth-order valence-corrected chi connectivity index (χ4v) is 2.19. The molecule has 2 unspecified atom stereocenters. The van der Waals surface area contributed by atoms with Crippen molar-refractivity contribution in [3.05, 3.63) is 11.9 Å². The van der Waals surface area contributed by atoms with Crippen LogP contribution in [0, 0.1) is 6.92 Å². The number of nitrogens with zero attached hydrogens (tertiary/aromatic N) is 2. The van der Waals surface area contributed by atoms with Gasteiger partial charge in [-0.05, 0) is 27.2 Å². The van der Waals surface area contributed by atoms with Crippen LogP contribution in [0.2, 0.25) is 0 Å². The van der Waals surface area contributed by atoms with Crippen molar-refractivity contribution in [2.24, 2.45) is 0 Å². The topological polar surface area (TPSA) is 64.1 Å². The summed E-state index contributed by atoms with van der Waals surface area (Å²) in [5, 5.41) is 3.27. The molecule has 0 saturated heterocycles. The van der Waals surface area contributed by atoms with E-state index in [1.807, 2.05) is 20.8 Å². The minimum absolute atomic E-state index is 0.220. The van der Waals surface area contributed by atoms with Crippen LogP contribution in [0.5, 0.6) is 5.88 Å². The van der Waals surface area contributed by atoms with Gasteiger partial charge in [0.2, 0.25) is 5.88 Å². The maximum Gasteiger partial charge on any atom is 0.218 e. The molecule has 0 radical (unpaired) electrons. The number of hydrogen-bond donors (Lipinski definition) is 1. The number of hydrogen-bond acceptors (Lipinski definition) is 5. The van der Waals surface area contributed by atoms with Gasteiger partial charge >= 0.3 is 0 Å². The molecule has 1 rings (SSSR count). The second kappa shape index (κ2) is 7.31. The highest BCUT2D eigenvalue weighted by Crippen LogP contribution is 2.14. The van der Waals surface area contributed by atoms with E-state index in [-0.39, 0.29) is 6.04 Å². The molecule has 1 heterocycles. The minimum Gasteiger partial charge on any atom is -0.478 e. The van der Waals surface area contributed by atoms with E-state index < -0.39 is 10.8 Å². The first-order valence-electron chi connectivity index (χ1n) is 6.06. The molecule has 0 aliphatic heterocycles. The first-order valence-corrected chi connectivity index (χ1v) is 7.79. The Morgan fingerprint density at radius 3 is 2.83 bits per heavy atom. The molecule has 1 N–H and O–H groups in total. The third-order valence-electron chi connectivity index (χ3n) is 2.34. The average molecular weight is 271 g/mol. The van der Waals surface area contributed by atoms with E-state index in [1.54, 1.807) is 12.3 Å². The van der Waals surface area contributed by atoms with Crippen molar-refractivity contribution in [2.45, 2.75) is 33.2 Å². The van der Waals surface area contributed by atoms with Gasteiger partial charge in [0.15, 0.2) is 0 Å². The Morgan fingerprint density at radius 2 is 2.22 bits per heavy atom. The Morgan fingerprint density at radius 1 is 1.50 bits per heavy atom. The molecule has 1 aromatic rings. The summed E-state index contributed by atoms with van der Waals surface area (Å²) in [5.41, 5.74) is 0. The fourth-order valence-electron chi connectivity index (χ4n) is 1.50. The smallest absolute Gasteiger partial charge is 0.218 e. The lowest BCUT2D eigenvalue weighted by atomic mass is 10.2. The van der Waals surface area contributed by atoms with E-state index in [1.165, 1.54) is 0 Å². The summed E-state index contributed by atoms with van der Waals surface area (Å²) in [6.45, 7) is 6.38. The number of aromatic nitrogens is 2. The molecule has 5 nitrogen and oxygen atoms in total. The van der Waals surface area contributed by atoms with Crippen molar-refractivity contribution in [1.29, 1.82) is 0 Å². The van der Waals surface area contributed by atoms with Crippen LogP contribution in [0.3, 0.4) is 0 Å². The molecular formula is C12H21N3O2S. The minimum atomic E-state index is -0.753. The Labute approximate surface area is 111 Å². The van der Waals surface area contributed by atoms with Crippen LogP contribution in [-0.2, 0) is 10.8 Å². The second-order valence-corrected chi connectivity index (χ2v) is 5.74. The SMILES string of the molecule is CCOc1cc(NC(C)CCS(C)=O)nc(C)n1. The first-order chi connectivity index (χ1) is 8.51. The predicted octanol–water partition coefficient (Wildman–Crippen LogP) is 1.75. The fraction of sp³-hybridized carbons (Fsp3) is 0.667. The van der Waals surface area contributed by atoms with Gasteiger partial charge in [0.25, 0.3) is 0 Å². The number of aryl methyl sites for hydroxylation is 1. The van der Waals surface area contributed by atoms with Gasteiger partial charge in [0.05, 0.1) is 6.61 Å². The van der Waals surface area contributed by atoms with Crippen molar-refractivity contribution in [3.8, 4) is 5.88 Å². The number of ether oxygens (including phenoxy) is 1. The molecule has 6 heteroatoms. The van der Waals surface area contributed by atoms with Crippen molar-refractivity contribution < 1.29 is 8.95 Å². The number of anilines is 1. The zero-order valence-corrected chi connectivity index (χ0v) is 12.2. The molecule has 0 saturated carbocycles. The lowest BCUT2D eigenvalue weighted by Gasteiger charge is -2.14.